The molecule has 0 heterocycles. The molecule has 6 nitrogen and oxygen atoms in total. The third-order valence-corrected chi connectivity index (χ3v) is 0. The zero-order valence-corrected chi connectivity index (χ0v) is 4.63. The van der Waals surface area contributed by atoms with Gasteiger partial charge in [-0.05, 0) is 0 Å². The second kappa shape index (κ2) is 2450. The molecule has 0 amide bonds. The van der Waals surface area contributed by atoms with E-state index in [-0.39, 0.29) is 52.3 Å². The van der Waals surface area contributed by atoms with Crippen LogP contribution in [0.15, 0.2) is 0 Å². The van der Waals surface area contributed by atoms with Crippen molar-refractivity contribution in [1.82, 2.24) is 0 Å². The monoisotopic (exact) mass is 158 g/mol. The van der Waals surface area contributed by atoms with Gasteiger partial charge in [-0.15, -0.1) is 0 Å². The molecule has 0 bridgehead atoms. The van der Waals surface area contributed by atoms with Crippen molar-refractivity contribution in [3.8, 4) is 0 Å². The van der Waals surface area contributed by atoms with E-state index in [1.54, 1.807) is 0 Å². The summed E-state index contributed by atoms with van der Waals surface area (Å²) in [7, 11) is 0. The van der Waals surface area contributed by atoms with Gasteiger partial charge < -0.3 is 35.6 Å². The molecule has 0 aliphatic rings. The van der Waals surface area contributed by atoms with Gasteiger partial charge in [0.2, 0.25) is 0 Å². The van der Waals surface area contributed by atoms with Crippen molar-refractivity contribution in [3.63, 3.8) is 0 Å². The van der Waals surface area contributed by atoms with Gasteiger partial charge in [0.25, 0.3) is 0 Å². The van der Waals surface area contributed by atoms with E-state index in [1.807, 2.05) is 0 Å². The largest absolute Gasteiger partial charge is 3.00 e. The van der Waals surface area contributed by atoms with Crippen molar-refractivity contribution in [2.24, 2.45) is 0 Å². The standard InChI is InChI=1S/Co.4H2N.2H2O/h;6*1H2/q+3;4*-1;;/p-1. The van der Waals surface area contributed by atoms with Crippen molar-refractivity contribution in [3.05, 3.63) is 24.6 Å². The molecule has 11 N–H and O–H groups in total. The van der Waals surface area contributed by atoms with E-state index in [0.29, 0.717) is 0 Å². The van der Waals surface area contributed by atoms with Crippen molar-refractivity contribution in [2.75, 3.05) is 0 Å². The van der Waals surface area contributed by atoms with E-state index in [2.05, 4.69) is 0 Å². The van der Waals surface area contributed by atoms with Crippen LogP contribution in [0.2, 0.25) is 0 Å². The third-order valence-electron chi connectivity index (χ3n) is 0. The minimum absolute atomic E-state index is 0. The summed E-state index contributed by atoms with van der Waals surface area (Å²) in [5.74, 6) is 0. The van der Waals surface area contributed by atoms with Crippen LogP contribution in [0, 0.1) is 0 Å². The Labute approximate surface area is 53.2 Å². The Bertz CT molecular complexity index is 9.65. The first-order valence-corrected chi connectivity index (χ1v) is 0. The first-order valence-electron chi connectivity index (χ1n) is 0. The zero-order chi connectivity index (χ0) is 0. The summed E-state index contributed by atoms with van der Waals surface area (Å²) >= 11 is 0. The van der Waals surface area contributed by atoms with Crippen LogP contribution in [0.1, 0.15) is 0 Å². The van der Waals surface area contributed by atoms with Crippen molar-refractivity contribution >= 4 is 0 Å². The maximum Gasteiger partial charge on any atom is 3.00 e. The second-order valence-corrected chi connectivity index (χ2v) is 0. The van der Waals surface area contributed by atoms with Crippen LogP contribution in [0.4, 0.5) is 0 Å². The number of rotatable bonds is 0. The number of hydrogen-bond donors (Lipinski definition) is 0. The predicted octanol–water partition coefficient (Wildman–Crippen LogP) is 1.86. The van der Waals surface area contributed by atoms with Crippen molar-refractivity contribution < 1.29 is 27.7 Å². The molecule has 0 spiro atoms. The fourth-order valence-corrected chi connectivity index (χ4v) is 0. The molecule has 0 saturated heterocycles. The summed E-state index contributed by atoms with van der Waals surface area (Å²) in [4.78, 5) is 0. The van der Waals surface area contributed by atoms with Crippen LogP contribution in [-0.2, 0) is 16.8 Å². The molecule has 0 atom stereocenters. The molecule has 0 aromatic heterocycles. The zero-order valence-electron chi connectivity index (χ0n) is 3.59. The molecule has 0 radical (unpaired) electrons. The average molecular weight is 158 g/mol. The van der Waals surface area contributed by atoms with E-state index in [1.165, 1.54) is 0 Å². The maximum absolute atomic E-state index is 0. The summed E-state index contributed by atoms with van der Waals surface area (Å²) in [5, 5.41) is 0. The molecule has 0 saturated carbocycles. The summed E-state index contributed by atoms with van der Waals surface area (Å²) in [6.07, 6.45) is 0. The Morgan fingerprint density at radius 3 is 0.571 bits per heavy atom. The molecular weight excluding hydrogens is 147 g/mol. The van der Waals surface area contributed by atoms with Crippen molar-refractivity contribution in [2.45, 2.75) is 0 Å². The molecule has 54 valence electrons. The number of nitrogens with two attached hydrogens (primary N) is 4. The quantitative estimate of drug-likeness (QED) is 0.509. The molecular formula is H11CoN4O2-2. The molecule has 7 heteroatoms. The fourth-order valence-electron chi connectivity index (χ4n) is 0. The minimum atomic E-state index is 0. The van der Waals surface area contributed by atoms with Crippen LogP contribution in [0.5, 0.6) is 0 Å². The van der Waals surface area contributed by atoms with Gasteiger partial charge in [-0.1, -0.05) is 0 Å². The predicted molar refractivity (Wildman–Crippen MR) is 26.7 cm³/mol. The maximum atomic E-state index is 0. The Kier molecular flexibility index (Phi) is 1400000. The fraction of sp³-hybridized carbons (Fsp3) is 0. The summed E-state index contributed by atoms with van der Waals surface area (Å²) in [5.41, 5.74) is 0. The van der Waals surface area contributed by atoms with Crippen LogP contribution >= 0.6 is 0 Å². The Balaban J connectivity index is 0. The van der Waals surface area contributed by atoms with Crippen LogP contribution < -0.4 is 0 Å². The van der Waals surface area contributed by atoms with Crippen LogP contribution in [0.25, 0.3) is 24.6 Å². The van der Waals surface area contributed by atoms with E-state index >= 15 is 0 Å². The summed E-state index contributed by atoms with van der Waals surface area (Å²) < 4.78 is 0. The first kappa shape index (κ1) is 4020. The Morgan fingerprint density at radius 1 is 0.571 bits per heavy atom. The summed E-state index contributed by atoms with van der Waals surface area (Å²) in [6, 6.07) is 0. The van der Waals surface area contributed by atoms with E-state index in [9.17, 15) is 0 Å². The van der Waals surface area contributed by atoms with E-state index < -0.39 is 0 Å². The van der Waals surface area contributed by atoms with Gasteiger partial charge in [-0.2, -0.15) is 0 Å². The van der Waals surface area contributed by atoms with Gasteiger partial charge >= 0.3 is 16.8 Å². The molecule has 0 fully saturated rings. The molecule has 0 aliphatic heterocycles. The van der Waals surface area contributed by atoms with Crippen molar-refractivity contribution in [1.29, 1.82) is 0 Å². The minimum Gasteiger partial charge on any atom is -0.870 e. The topological polar surface area (TPSA) is 196 Å². The van der Waals surface area contributed by atoms with Gasteiger partial charge in [0.05, 0.1) is 0 Å². The average Bonchev–Trinajstić information content (AvgIpc) is 0. The number of hydrogen-bond acceptors (Lipinski definition) is 1. The molecule has 0 unspecified atom stereocenters. The SMILES string of the molecule is O.[Co+3].[NH2-].[NH2-].[NH2-].[NH2-].[OH-]. The Morgan fingerprint density at radius 2 is 0.571 bits per heavy atom. The van der Waals surface area contributed by atoms with Gasteiger partial charge in [0.15, 0.2) is 0 Å². The smallest absolute Gasteiger partial charge is 0.870 e. The third kappa shape index (κ3) is 1610. The molecule has 0 aromatic carbocycles. The van der Waals surface area contributed by atoms with Gasteiger partial charge in [0, 0.05) is 0 Å². The van der Waals surface area contributed by atoms with E-state index in [0.717, 1.165) is 0 Å². The molecule has 0 aliphatic carbocycles. The first-order chi connectivity index (χ1) is 0. The normalized spacial score (nSPS) is 0. The van der Waals surface area contributed by atoms with Gasteiger partial charge in [-0.25, -0.2) is 0 Å². The molecule has 0 aromatic rings. The molecule has 7 heavy (non-hydrogen) atoms. The van der Waals surface area contributed by atoms with Gasteiger partial charge in [-0.3, -0.25) is 0 Å². The second-order valence-electron chi connectivity index (χ2n) is 0. The summed E-state index contributed by atoms with van der Waals surface area (Å²) in [6.45, 7) is 0. The Hall–Kier alpha value is 0.266. The molecule has 0 rings (SSSR count). The van der Waals surface area contributed by atoms with Crippen LogP contribution in [0.3, 0.4) is 0 Å². The van der Waals surface area contributed by atoms with E-state index in [4.69, 9.17) is 0 Å². The van der Waals surface area contributed by atoms with Crippen LogP contribution in [-0.4, -0.2) is 11.0 Å². The van der Waals surface area contributed by atoms with Gasteiger partial charge in [0.1, 0.15) is 0 Å².